The van der Waals surface area contributed by atoms with Crippen molar-refractivity contribution >= 4 is 11.8 Å². The Labute approximate surface area is 95.6 Å². The Morgan fingerprint density at radius 1 is 1.44 bits per heavy atom. The Morgan fingerprint density at radius 3 is 2.81 bits per heavy atom. The SMILES string of the molecule is CC(C(=O)N1CCNC(=O)CC1)C1CNC1. The van der Waals surface area contributed by atoms with Gasteiger partial charge in [0, 0.05) is 32.0 Å². The molecule has 0 saturated carbocycles. The molecule has 1 atom stereocenters. The summed E-state index contributed by atoms with van der Waals surface area (Å²) < 4.78 is 0. The van der Waals surface area contributed by atoms with Gasteiger partial charge in [0.05, 0.1) is 0 Å². The summed E-state index contributed by atoms with van der Waals surface area (Å²) in [6, 6.07) is 0. The van der Waals surface area contributed by atoms with E-state index in [4.69, 9.17) is 0 Å². The lowest BCUT2D eigenvalue weighted by molar-refractivity contribution is -0.137. The predicted octanol–water partition coefficient (Wildman–Crippen LogP) is -0.810. The van der Waals surface area contributed by atoms with Gasteiger partial charge in [-0.1, -0.05) is 6.92 Å². The van der Waals surface area contributed by atoms with Gasteiger partial charge in [-0.05, 0) is 19.0 Å². The zero-order valence-electron chi connectivity index (χ0n) is 9.66. The summed E-state index contributed by atoms with van der Waals surface area (Å²) in [6.07, 6.45) is 0.432. The summed E-state index contributed by atoms with van der Waals surface area (Å²) in [7, 11) is 0. The van der Waals surface area contributed by atoms with Crippen LogP contribution in [0.15, 0.2) is 0 Å². The van der Waals surface area contributed by atoms with Crippen molar-refractivity contribution < 1.29 is 9.59 Å². The number of rotatable bonds is 2. The van der Waals surface area contributed by atoms with Crippen molar-refractivity contribution in [3.8, 4) is 0 Å². The first kappa shape index (κ1) is 11.4. The molecule has 0 aliphatic carbocycles. The van der Waals surface area contributed by atoms with Crippen LogP contribution in [0.5, 0.6) is 0 Å². The van der Waals surface area contributed by atoms with Gasteiger partial charge in [-0.3, -0.25) is 9.59 Å². The standard InChI is InChI=1S/C11H19N3O2/c1-8(9-6-12-7-9)11(16)14-4-2-10(15)13-3-5-14/h8-9,12H,2-7H2,1H3,(H,13,15). The Balaban J connectivity index is 1.89. The molecule has 0 aromatic heterocycles. The second kappa shape index (κ2) is 4.82. The van der Waals surface area contributed by atoms with E-state index in [-0.39, 0.29) is 17.7 Å². The van der Waals surface area contributed by atoms with E-state index in [0.29, 0.717) is 32.0 Å². The molecule has 5 heteroatoms. The fourth-order valence-corrected chi connectivity index (χ4v) is 2.14. The number of hydrogen-bond acceptors (Lipinski definition) is 3. The molecule has 2 aliphatic rings. The van der Waals surface area contributed by atoms with E-state index < -0.39 is 0 Å². The van der Waals surface area contributed by atoms with Crippen LogP contribution in [0.2, 0.25) is 0 Å². The molecule has 0 radical (unpaired) electrons. The smallest absolute Gasteiger partial charge is 0.225 e. The van der Waals surface area contributed by atoms with Gasteiger partial charge in [-0.15, -0.1) is 0 Å². The van der Waals surface area contributed by atoms with Gasteiger partial charge in [-0.2, -0.15) is 0 Å². The third-order valence-corrected chi connectivity index (χ3v) is 3.53. The van der Waals surface area contributed by atoms with Crippen molar-refractivity contribution in [2.24, 2.45) is 11.8 Å². The Hall–Kier alpha value is -1.10. The van der Waals surface area contributed by atoms with Crippen LogP contribution < -0.4 is 10.6 Å². The fraction of sp³-hybridized carbons (Fsp3) is 0.818. The van der Waals surface area contributed by atoms with Gasteiger partial charge in [0.2, 0.25) is 11.8 Å². The third kappa shape index (κ3) is 2.35. The summed E-state index contributed by atoms with van der Waals surface area (Å²) in [6.45, 7) is 5.67. The molecule has 0 spiro atoms. The van der Waals surface area contributed by atoms with Crippen molar-refractivity contribution in [2.45, 2.75) is 13.3 Å². The minimum Gasteiger partial charge on any atom is -0.354 e. The zero-order valence-corrected chi connectivity index (χ0v) is 9.66. The highest BCUT2D eigenvalue weighted by atomic mass is 16.2. The lowest BCUT2D eigenvalue weighted by atomic mass is 9.88. The number of nitrogens with one attached hydrogen (secondary N) is 2. The van der Waals surface area contributed by atoms with E-state index in [2.05, 4.69) is 10.6 Å². The van der Waals surface area contributed by atoms with E-state index in [0.717, 1.165) is 13.1 Å². The topological polar surface area (TPSA) is 61.4 Å². The van der Waals surface area contributed by atoms with Crippen molar-refractivity contribution in [1.82, 2.24) is 15.5 Å². The van der Waals surface area contributed by atoms with Crippen molar-refractivity contribution in [1.29, 1.82) is 0 Å². The normalized spacial score (nSPS) is 24.3. The van der Waals surface area contributed by atoms with Crippen LogP contribution in [-0.2, 0) is 9.59 Å². The molecular weight excluding hydrogens is 206 g/mol. The molecule has 2 N–H and O–H groups in total. The lowest BCUT2D eigenvalue weighted by Gasteiger charge is -2.34. The van der Waals surface area contributed by atoms with Crippen LogP contribution in [0, 0.1) is 11.8 Å². The molecule has 2 aliphatic heterocycles. The zero-order chi connectivity index (χ0) is 11.5. The summed E-state index contributed by atoms with van der Waals surface area (Å²) in [4.78, 5) is 25.1. The van der Waals surface area contributed by atoms with Crippen LogP contribution in [0.25, 0.3) is 0 Å². The Bertz CT molecular complexity index is 289. The maximum Gasteiger partial charge on any atom is 0.225 e. The Morgan fingerprint density at radius 2 is 2.19 bits per heavy atom. The number of carbonyl (C=O) groups excluding carboxylic acids is 2. The highest BCUT2D eigenvalue weighted by Crippen LogP contribution is 2.18. The molecule has 2 saturated heterocycles. The van der Waals surface area contributed by atoms with Gasteiger partial charge in [0.15, 0.2) is 0 Å². The first-order chi connectivity index (χ1) is 7.68. The van der Waals surface area contributed by atoms with Crippen LogP contribution in [0.1, 0.15) is 13.3 Å². The average molecular weight is 225 g/mol. The van der Waals surface area contributed by atoms with Gasteiger partial charge < -0.3 is 15.5 Å². The number of nitrogens with zero attached hydrogens (tertiary/aromatic N) is 1. The summed E-state index contributed by atoms with van der Waals surface area (Å²) >= 11 is 0. The minimum absolute atomic E-state index is 0.0493. The van der Waals surface area contributed by atoms with E-state index in [1.54, 1.807) is 0 Å². The summed E-state index contributed by atoms with van der Waals surface area (Å²) in [5, 5.41) is 5.96. The van der Waals surface area contributed by atoms with Crippen LogP contribution in [-0.4, -0.2) is 49.4 Å². The van der Waals surface area contributed by atoms with Crippen LogP contribution in [0.4, 0.5) is 0 Å². The predicted molar refractivity (Wildman–Crippen MR) is 59.7 cm³/mol. The van der Waals surface area contributed by atoms with E-state index in [1.807, 2.05) is 11.8 Å². The maximum atomic E-state index is 12.2. The summed E-state index contributed by atoms with van der Waals surface area (Å²) in [5.41, 5.74) is 0. The molecule has 1 unspecified atom stereocenters. The monoisotopic (exact) mass is 225 g/mol. The first-order valence-corrected chi connectivity index (χ1v) is 5.94. The van der Waals surface area contributed by atoms with Crippen molar-refractivity contribution in [3.05, 3.63) is 0 Å². The van der Waals surface area contributed by atoms with E-state index in [1.165, 1.54) is 0 Å². The average Bonchev–Trinajstić information content (AvgIpc) is 2.39. The first-order valence-electron chi connectivity index (χ1n) is 5.94. The molecular formula is C11H19N3O2. The minimum atomic E-state index is 0.0493. The second-order valence-corrected chi connectivity index (χ2v) is 4.63. The van der Waals surface area contributed by atoms with Gasteiger partial charge in [0.25, 0.3) is 0 Å². The highest BCUT2D eigenvalue weighted by molar-refractivity contribution is 5.81. The molecule has 2 amide bonds. The molecule has 2 heterocycles. The quantitative estimate of drug-likeness (QED) is 0.646. The molecule has 0 bridgehead atoms. The van der Waals surface area contributed by atoms with Gasteiger partial charge in [-0.25, -0.2) is 0 Å². The lowest BCUT2D eigenvalue weighted by Crippen LogP contribution is -2.50. The van der Waals surface area contributed by atoms with Crippen LogP contribution in [0.3, 0.4) is 0 Å². The molecule has 0 aromatic carbocycles. The van der Waals surface area contributed by atoms with Crippen LogP contribution >= 0.6 is 0 Å². The number of hydrogen-bond donors (Lipinski definition) is 2. The molecule has 16 heavy (non-hydrogen) atoms. The second-order valence-electron chi connectivity index (χ2n) is 4.63. The van der Waals surface area contributed by atoms with Crippen molar-refractivity contribution in [3.63, 3.8) is 0 Å². The third-order valence-electron chi connectivity index (χ3n) is 3.53. The molecule has 90 valence electrons. The molecule has 5 nitrogen and oxygen atoms in total. The van der Waals surface area contributed by atoms with Gasteiger partial charge >= 0.3 is 0 Å². The van der Waals surface area contributed by atoms with E-state index >= 15 is 0 Å². The highest BCUT2D eigenvalue weighted by Gasteiger charge is 2.32. The Kier molecular flexibility index (Phi) is 3.43. The number of amides is 2. The van der Waals surface area contributed by atoms with E-state index in [9.17, 15) is 9.59 Å². The molecule has 2 rings (SSSR count). The number of carbonyl (C=O) groups is 2. The summed E-state index contributed by atoms with van der Waals surface area (Å²) in [5.74, 6) is 0.796. The maximum absolute atomic E-state index is 12.2. The molecule has 0 aromatic rings. The van der Waals surface area contributed by atoms with Gasteiger partial charge in [0.1, 0.15) is 0 Å². The van der Waals surface area contributed by atoms with Crippen molar-refractivity contribution in [2.75, 3.05) is 32.7 Å². The largest absolute Gasteiger partial charge is 0.354 e. The fourth-order valence-electron chi connectivity index (χ4n) is 2.14. The molecule has 2 fully saturated rings.